The van der Waals surface area contributed by atoms with Crippen LogP contribution in [0.25, 0.3) is 0 Å². The van der Waals surface area contributed by atoms with Crippen molar-refractivity contribution in [3.05, 3.63) is 58.6 Å². The Kier molecular flexibility index (Phi) is 7.12. The Bertz CT molecular complexity index is 772. The minimum absolute atomic E-state index is 0.140. The van der Waals surface area contributed by atoms with Crippen LogP contribution in [0.2, 0.25) is 5.02 Å². The molecule has 1 N–H and O–H groups in total. The van der Waals surface area contributed by atoms with Gasteiger partial charge in [-0.3, -0.25) is 4.79 Å². The second kappa shape index (κ2) is 9.55. The average molecular weight is 359 g/mol. The first kappa shape index (κ1) is 18.6. The first-order valence-corrected chi connectivity index (χ1v) is 8.18. The lowest BCUT2D eigenvalue weighted by Crippen LogP contribution is -2.25. The van der Waals surface area contributed by atoms with Crippen LogP contribution in [-0.4, -0.2) is 19.6 Å². The molecule has 130 valence electrons. The molecule has 0 aliphatic heterocycles. The summed E-state index contributed by atoms with van der Waals surface area (Å²) < 4.78 is 11.2. The molecule has 0 fully saturated rings. The Labute approximate surface area is 152 Å². The molecule has 0 unspecified atom stereocenters. The molecule has 0 saturated carbocycles. The summed E-state index contributed by atoms with van der Waals surface area (Å²) in [6.45, 7) is 0.760. The quantitative estimate of drug-likeness (QED) is 0.784. The Morgan fingerprint density at radius 2 is 2.04 bits per heavy atom. The molecule has 1 amide bonds. The van der Waals surface area contributed by atoms with Gasteiger partial charge in [0.2, 0.25) is 5.91 Å². The molecule has 0 aromatic heterocycles. The van der Waals surface area contributed by atoms with Crippen LogP contribution in [0.3, 0.4) is 0 Å². The highest BCUT2D eigenvalue weighted by Gasteiger charge is 2.09. The van der Waals surface area contributed by atoms with Gasteiger partial charge in [0.05, 0.1) is 13.2 Å². The molecule has 2 aromatic carbocycles. The summed E-state index contributed by atoms with van der Waals surface area (Å²) in [5.41, 5.74) is 1.82. The molecule has 0 saturated heterocycles. The Balaban J connectivity index is 2.05. The number of nitrogens with zero attached hydrogens (tertiary/aromatic N) is 1. The lowest BCUT2D eigenvalue weighted by Gasteiger charge is -2.14. The molecular formula is C19H19ClN2O3. The van der Waals surface area contributed by atoms with E-state index in [-0.39, 0.29) is 12.3 Å². The highest BCUT2D eigenvalue weighted by atomic mass is 35.5. The van der Waals surface area contributed by atoms with E-state index in [0.717, 1.165) is 11.1 Å². The standard InChI is InChI=1S/C19H19ClN2O3/c1-24-16-7-6-14(9-11-22-19(23)8-10-21)18(12-16)25-13-15-4-2-3-5-17(15)20/h2-7,12H,8-9,11,13H2,1H3,(H,22,23). The number of nitrogens with one attached hydrogen (secondary N) is 1. The largest absolute Gasteiger partial charge is 0.497 e. The zero-order chi connectivity index (χ0) is 18.1. The number of halogens is 1. The van der Waals surface area contributed by atoms with Crippen LogP contribution in [-0.2, 0) is 17.8 Å². The van der Waals surface area contributed by atoms with Crippen LogP contribution in [0.1, 0.15) is 17.5 Å². The normalized spacial score (nSPS) is 9.96. The van der Waals surface area contributed by atoms with Gasteiger partial charge in [0.1, 0.15) is 24.5 Å². The molecule has 25 heavy (non-hydrogen) atoms. The van der Waals surface area contributed by atoms with E-state index in [1.807, 2.05) is 48.5 Å². The molecule has 5 nitrogen and oxygen atoms in total. The van der Waals surface area contributed by atoms with Gasteiger partial charge < -0.3 is 14.8 Å². The van der Waals surface area contributed by atoms with Crippen LogP contribution >= 0.6 is 11.6 Å². The number of hydrogen-bond acceptors (Lipinski definition) is 4. The fraction of sp³-hybridized carbons (Fsp3) is 0.263. The second-order valence-electron chi connectivity index (χ2n) is 5.29. The predicted molar refractivity (Wildman–Crippen MR) is 95.7 cm³/mol. The Hall–Kier alpha value is -2.71. The highest BCUT2D eigenvalue weighted by Crippen LogP contribution is 2.27. The predicted octanol–water partition coefficient (Wildman–Crippen LogP) is 3.50. The number of hydrogen-bond donors (Lipinski definition) is 1. The summed E-state index contributed by atoms with van der Waals surface area (Å²) >= 11 is 6.16. The van der Waals surface area contributed by atoms with Crippen LogP contribution in [0.4, 0.5) is 0 Å². The molecule has 6 heteroatoms. The summed E-state index contributed by atoms with van der Waals surface area (Å²) in [5.74, 6) is 1.08. The Morgan fingerprint density at radius 3 is 2.76 bits per heavy atom. The number of rotatable bonds is 8. The third-order valence-electron chi connectivity index (χ3n) is 3.57. The van der Waals surface area contributed by atoms with E-state index in [1.54, 1.807) is 7.11 Å². The topological polar surface area (TPSA) is 71.3 Å². The SMILES string of the molecule is COc1ccc(CCNC(=O)CC#N)c(OCc2ccccc2Cl)c1. The van der Waals surface area contributed by atoms with Crippen molar-refractivity contribution in [1.82, 2.24) is 5.32 Å². The van der Waals surface area contributed by atoms with Gasteiger partial charge in [-0.05, 0) is 24.1 Å². The molecule has 0 aliphatic carbocycles. The van der Waals surface area contributed by atoms with Gasteiger partial charge in [-0.2, -0.15) is 5.26 Å². The van der Waals surface area contributed by atoms with Gasteiger partial charge >= 0.3 is 0 Å². The molecule has 0 radical (unpaired) electrons. The lowest BCUT2D eigenvalue weighted by molar-refractivity contribution is -0.120. The number of amides is 1. The molecule has 0 spiro atoms. The summed E-state index contributed by atoms with van der Waals surface area (Å²) in [7, 11) is 1.59. The Morgan fingerprint density at radius 1 is 1.24 bits per heavy atom. The summed E-state index contributed by atoms with van der Waals surface area (Å²) in [6, 6.07) is 14.9. The highest BCUT2D eigenvalue weighted by molar-refractivity contribution is 6.31. The maximum absolute atomic E-state index is 11.4. The smallest absolute Gasteiger partial charge is 0.234 e. The van der Waals surface area contributed by atoms with Gasteiger partial charge in [0.25, 0.3) is 0 Å². The summed E-state index contributed by atoms with van der Waals surface area (Å²) in [5, 5.41) is 11.9. The lowest BCUT2D eigenvalue weighted by atomic mass is 10.1. The van der Waals surface area contributed by atoms with Gasteiger partial charge in [-0.1, -0.05) is 35.9 Å². The molecule has 2 rings (SSSR count). The molecule has 0 bridgehead atoms. The van der Waals surface area contributed by atoms with Crippen molar-refractivity contribution in [1.29, 1.82) is 5.26 Å². The molecule has 0 aliphatic rings. The van der Waals surface area contributed by atoms with Gasteiger partial charge in [-0.25, -0.2) is 0 Å². The van der Waals surface area contributed by atoms with Crippen LogP contribution in [0.15, 0.2) is 42.5 Å². The molecular weight excluding hydrogens is 340 g/mol. The molecule has 0 atom stereocenters. The van der Waals surface area contributed by atoms with E-state index in [0.29, 0.717) is 36.1 Å². The zero-order valence-corrected chi connectivity index (χ0v) is 14.7. The number of ether oxygens (including phenoxy) is 2. The second-order valence-corrected chi connectivity index (χ2v) is 5.70. The average Bonchev–Trinajstić information content (AvgIpc) is 2.62. The van der Waals surface area contributed by atoms with E-state index in [9.17, 15) is 4.79 Å². The van der Waals surface area contributed by atoms with Crippen molar-refractivity contribution in [2.24, 2.45) is 0 Å². The van der Waals surface area contributed by atoms with E-state index in [4.69, 9.17) is 26.3 Å². The number of benzene rings is 2. The third kappa shape index (κ3) is 5.70. The van der Waals surface area contributed by atoms with Crippen molar-refractivity contribution in [2.45, 2.75) is 19.4 Å². The fourth-order valence-electron chi connectivity index (χ4n) is 2.24. The van der Waals surface area contributed by atoms with Crippen molar-refractivity contribution in [2.75, 3.05) is 13.7 Å². The monoisotopic (exact) mass is 358 g/mol. The minimum Gasteiger partial charge on any atom is -0.497 e. The number of nitriles is 1. The van der Waals surface area contributed by atoms with Gasteiger partial charge in [0, 0.05) is 23.2 Å². The number of methoxy groups -OCH3 is 1. The van der Waals surface area contributed by atoms with Crippen molar-refractivity contribution in [3.63, 3.8) is 0 Å². The molecule has 2 aromatic rings. The first-order chi connectivity index (χ1) is 12.1. The first-order valence-electron chi connectivity index (χ1n) is 7.81. The summed E-state index contributed by atoms with van der Waals surface area (Å²) in [6.07, 6.45) is 0.442. The third-order valence-corrected chi connectivity index (χ3v) is 3.94. The minimum atomic E-state index is -0.283. The van der Waals surface area contributed by atoms with Crippen LogP contribution in [0, 0.1) is 11.3 Å². The van der Waals surface area contributed by atoms with Crippen molar-refractivity contribution >= 4 is 17.5 Å². The molecule has 0 heterocycles. The van der Waals surface area contributed by atoms with Gasteiger partial charge in [-0.15, -0.1) is 0 Å². The summed E-state index contributed by atoms with van der Waals surface area (Å²) in [4.78, 5) is 11.4. The van der Waals surface area contributed by atoms with E-state index in [2.05, 4.69) is 5.32 Å². The van der Waals surface area contributed by atoms with E-state index in [1.165, 1.54) is 0 Å². The van der Waals surface area contributed by atoms with Crippen LogP contribution in [0.5, 0.6) is 11.5 Å². The van der Waals surface area contributed by atoms with E-state index < -0.39 is 0 Å². The van der Waals surface area contributed by atoms with Crippen molar-refractivity contribution in [3.8, 4) is 17.6 Å². The zero-order valence-electron chi connectivity index (χ0n) is 13.9. The fourth-order valence-corrected chi connectivity index (χ4v) is 2.43. The van der Waals surface area contributed by atoms with E-state index >= 15 is 0 Å². The maximum Gasteiger partial charge on any atom is 0.234 e. The number of carbonyl (C=O) groups is 1. The maximum atomic E-state index is 11.4. The van der Waals surface area contributed by atoms with Crippen molar-refractivity contribution < 1.29 is 14.3 Å². The number of carbonyl (C=O) groups excluding carboxylic acids is 1. The van der Waals surface area contributed by atoms with Crippen LogP contribution < -0.4 is 14.8 Å². The van der Waals surface area contributed by atoms with Gasteiger partial charge in [0.15, 0.2) is 0 Å².